The largest absolute Gasteiger partial charge is 0.491 e. The van der Waals surface area contributed by atoms with Crippen molar-refractivity contribution in [3.63, 3.8) is 0 Å². The topological polar surface area (TPSA) is 188 Å². The molecular weight excluding hydrogens is 816 g/mol. The van der Waals surface area contributed by atoms with Gasteiger partial charge < -0.3 is 31.1 Å². The number of carboxylic acids is 1. The first kappa shape index (κ1) is 44.9. The molecule has 12 nitrogen and oxygen atoms in total. The lowest BCUT2D eigenvalue weighted by molar-refractivity contribution is -0.192. The molecule has 3 amide bonds. The fourth-order valence-corrected chi connectivity index (χ4v) is 7.51. The number of hydrogen-bond acceptors (Lipinski definition) is 8. The van der Waals surface area contributed by atoms with Crippen molar-refractivity contribution in [1.29, 1.82) is 5.26 Å². The first-order chi connectivity index (χ1) is 29.5. The van der Waals surface area contributed by atoms with E-state index < -0.39 is 55.4 Å². The minimum absolute atomic E-state index is 0.0333. The lowest BCUT2D eigenvalue weighted by atomic mass is 9.85. The van der Waals surface area contributed by atoms with Crippen molar-refractivity contribution in [2.45, 2.75) is 68.7 Å². The Bertz CT molecular complexity index is 2470. The van der Waals surface area contributed by atoms with E-state index in [0.717, 1.165) is 58.0 Å². The summed E-state index contributed by atoms with van der Waals surface area (Å²) < 4.78 is 65.7. The summed E-state index contributed by atoms with van der Waals surface area (Å²) >= 11 is 0. The number of rotatable bonds is 11. The van der Waals surface area contributed by atoms with Gasteiger partial charge in [-0.15, -0.1) is 0 Å². The Morgan fingerprint density at radius 1 is 0.935 bits per heavy atom. The SMILES string of the molecule is N#C[C@@H]1CC(F)(F)CN1C(=O)CNC(=O)c1ccnc2ccc(-c3ccc(OC[C@H](Cc4ccc5ccccc5c4)NC(=O)C4CCC(N)CC4)cc3)cc12.O=C(O)C(F)(F)F. The van der Waals surface area contributed by atoms with Gasteiger partial charge in [0.1, 0.15) is 18.4 Å². The van der Waals surface area contributed by atoms with E-state index >= 15 is 0 Å². The standard InChI is InChI=1S/C43H42F2N6O4.C2HF3O2/c44-43(45)22-35(23-46)51(26-43)40(52)24-49-42(54)37-17-18-48-39-16-11-32(21-38(37)39)29-9-14-36(15-10-29)55-25-34(50-41(53)30-7-12-33(47)13-8-30)20-27-5-6-28-3-1-2-4-31(28)19-27;3-2(4,5)1(6)7/h1-6,9-11,14-19,21,30,33-35H,7-8,12-13,20,22,24-26,47H2,(H,49,54)(H,50,53);(H,6,7)/t30?,33?,34-,35-;/m0./s1. The third-order valence-electron chi connectivity index (χ3n) is 10.8. The van der Waals surface area contributed by atoms with E-state index in [1.54, 1.807) is 12.1 Å². The number of carbonyl (C=O) groups is 4. The number of pyridine rings is 1. The van der Waals surface area contributed by atoms with Gasteiger partial charge in [-0.1, -0.05) is 60.7 Å². The number of ether oxygens (including phenoxy) is 1. The number of nitrogens with two attached hydrogens (primary N) is 1. The summed E-state index contributed by atoms with van der Waals surface area (Å²) in [6.45, 7) is -1.12. The molecule has 1 saturated carbocycles. The number of benzene rings is 4. The fraction of sp³-hybridized carbons (Fsp3) is 0.333. The van der Waals surface area contributed by atoms with Gasteiger partial charge in [-0.05, 0) is 89.9 Å². The Balaban J connectivity index is 0.000000845. The Hall–Kier alpha value is -6.67. The second kappa shape index (κ2) is 19.4. The summed E-state index contributed by atoms with van der Waals surface area (Å²) in [4.78, 5) is 53.4. The van der Waals surface area contributed by atoms with Gasteiger partial charge >= 0.3 is 12.1 Å². The monoisotopic (exact) mass is 858 g/mol. The van der Waals surface area contributed by atoms with Crippen molar-refractivity contribution in [1.82, 2.24) is 20.5 Å². The minimum atomic E-state index is -5.08. The van der Waals surface area contributed by atoms with Crippen LogP contribution in [0.25, 0.3) is 32.8 Å². The number of nitrogens with zero attached hydrogens (tertiary/aromatic N) is 3. The Morgan fingerprint density at radius 3 is 2.29 bits per heavy atom. The molecule has 2 aliphatic rings. The van der Waals surface area contributed by atoms with Gasteiger partial charge in [0.2, 0.25) is 11.8 Å². The maximum absolute atomic E-state index is 13.9. The summed E-state index contributed by atoms with van der Waals surface area (Å²) in [5.41, 5.74) is 9.68. The number of nitriles is 1. The van der Waals surface area contributed by atoms with E-state index in [2.05, 4.69) is 45.9 Å². The summed E-state index contributed by atoms with van der Waals surface area (Å²) in [7, 11) is 0. The first-order valence-corrected chi connectivity index (χ1v) is 19.8. The molecule has 0 radical (unpaired) electrons. The number of fused-ring (bicyclic) bond motifs is 2. The van der Waals surface area contributed by atoms with Crippen LogP contribution >= 0.6 is 0 Å². The molecule has 2 heterocycles. The quantitative estimate of drug-likeness (QED) is 0.104. The summed E-state index contributed by atoms with van der Waals surface area (Å²) in [6.07, 6.45) is -0.483. The number of carboxylic acid groups (broad SMARTS) is 1. The van der Waals surface area contributed by atoms with Crippen LogP contribution < -0.4 is 21.1 Å². The minimum Gasteiger partial charge on any atom is -0.491 e. The van der Waals surface area contributed by atoms with E-state index in [9.17, 15) is 41.6 Å². The number of alkyl halides is 5. The van der Waals surface area contributed by atoms with Gasteiger partial charge in [-0.3, -0.25) is 19.4 Å². The van der Waals surface area contributed by atoms with Crippen LogP contribution in [0.1, 0.15) is 48.0 Å². The Labute approximate surface area is 352 Å². The van der Waals surface area contributed by atoms with Crippen molar-refractivity contribution < 1.29 is 51.0 Å². The van der Waals surface area contributed by atoms with Crippen molar-refractivity contribution in [2.24, 2.45) is 11.7 Å². The third-order valence-corrected chi connectivity index (χ3v) is 10.8. The van der Waals surface area contributed by atoms with Crippen LogP contribution in [-0.2, 0) is 20.8 Å². The van der Waals surface area contributed by atoms with E-state index in [1.165, 1.54) is 12.3 Å². The molecule has 7 rings (SSSR count). The average Bonchev–Trinajstić information content (AvgIpc) is 3.58. The first-order valence-electron chi connectivity index (χ1n) is 19.8. The highest BCUT2D eigenvalue weighted by molar-refractivity contribution is 6.07. The second-order valence-electron chi connectivity index (χ2n) is 15.3. The number of halogens is 5. The molecule has 17 heteroatoms. The maximum atomic E-state index is 13.9. The van der Waals surface area contributed by atoms with E-state index in [4.69, 9.17) is 20.4 Å². The molecule has 1 saturated heterocycles. The average molecular weight is 859 g/mol. The van der Waals surface area contributed by atoms with Crippen LogP contribution in [0.4, 0.5) is 22.0 Å². The van der Waals surface area contributed by atoms with Crippen molar-refractivity contribution in [3.8, 4) is 22.9 Å². The second-order valence-corrected chi connectivity index (χ2v) is 15.3. The van der Waals surface area contributed by atoms with Crippen molar-refractivity contribution >= 4 is 45.4 Å². The molecule has 2 atom stereocenters. The highest BCUT2D eigenvalue weighted by Crippen LogP contribution is 2.32. The van der Waals surface area contributed by atoms with E-state index in [1.807, 2.05) is 48.5 Å². The molecule has 0 bridgehead atoms. The summed E-state index contributed by atoms with van der Waals surface area (Å²) in [6, 6.07) is 29.5. The lowest BCUT2D eigenvalue weighted by Gasteiger charge is -2.27. The zero-order valence-corrected chi connectivity index (χ0v) is 33.2. The van der Waals surface area contributed by atoms with Gasteiger partial charge in [0.25, 0.3) is 11.8 Å². The number of aromatic nitrogens is 1. The van der Waals surface area contributed by atoms with Crippen LogP contribution in [0, 0.1) is 17.2 Å². The molecule has 62 heavy (non-hydrogen) atoms. The van der Waals surface area contributed by atoms with Gasteiger partial charge in [0.15, 0.2) is 0 Å². The number of amides is 3. The molecule has 1 aliphatic carbocycles. The zero-order chi connectivity index (χ0) is 44.6. The number of nitrogens with one attached hydrogen (secondary N) is 2. The van der Waals surface area contributed by atoms with Crippen molar-refractivity contribution in [3.05, 3.63) is 108 Å². The summed E-state index contributed by atoms with van der Waals surface area (Å²) in [5, 5.41) is 25.0. The molecule has 0 unspecified atom stereocenters. The Kier molecular flexibility index (Phi) is 14.0. The van der Waals surface area contributed by atoms with Crippen molar-refractivity contribution in [2.75, 3.05) is 19.7 Å². The Morgan fingerprint density at radius 2 is 1.61 bits per heavy atom. The summed E-state index contributed by atoms with van der Waals surface area (Å²) in [5.74, 6) is -6.63. The van der Waals surface area contributed by atoms with Gasteiger partial charge in [0, 0.05) is 30.0 Å². The predicted molar refractivity (Wildman–Crippen MR) is 219 cm³/mol. The van der Waals surface area contributed by atoms with E-state index in [-0.39, 0.29) is 36.1 Å². The number of carbonyl (C=O) groups excluding carboxylic acids is 3. The molecule has 2 fully saturated rings. The van der Waals surface area contributed by atoms with Crippen LogP contribution in [0.3, 0.4) is 0 Å². The maximum Gasteiger partial charge on any atom is 0.490 e. The van der Waals surface area contributed by atoms with Gasteiger partial charge in [0.05, 0.1) is 36.3 Å². The zero-order valence-electron chi connectivity index (χ0n) is 33.2. The van der Waals surface area contributed by atoms with Crippen LogP contribution in [0.5, 0.6) is 5.75 Å². The van der Waals surface area contributed by atoms with Crippen LogP contribution in [0.2, 0.25) is 0 Å². The van der Waals surface area contributed by atoms with Gasteiger partial charge in [-0.2, -0.15) is 18.4 Å². The number of hydrogen-bond donors (Lipinski definition) is 4. The van der Waals surface area contributed by atoms with Crippen LogP contribution in [-0.4, -0.2) is 88.6 Å². The number of aliphatic carboxylic acids is 1. The third kappa shape index (κ3) is 11.6. The molecular formula is C45H43F5N6O6. The fourth-order valence-electron chi connectivity index (χ4n) is 7.51. The van der Waals surface area contributed by atoms with Gasteiger partial charge in [-0.25, -0.2) is 13.6 Å². The smallest absolute Gasteiger partial charge is 0.490 e. The molecule has 4 aromatic carbocycles. The lowest BCUT2D eigenvalue weighted by Crippen LogP contribution is -2.45. The van der Waals surface area contributed by atoms with Crippen LogP contribution in [0.15, 0.2) is 97.2 Å². The molecule has 5 aromatic rings. The molecule has 324 valence electrons. The highest BCUT2D eigenvalue weighted by Gasteiger charge is 2.47. The molecule has 1 aromatic heterocycles. The molecule has 1 aliphatic heterocycles. The molecule has 0 spiro atoms. The number of likely N-dealkylation sites (tertiary alicyclic amines) is 1. The highest BCUT2D eigenvalue weighted by atomic mass is 19.4. The predicted octanol–water partition coefficient (Wildman–Crippen LogP) is 6.80. The molecule has 5 N–H and O–H groups in total. The normalized spacial score (nSPS) is 18.8. The van der Waals surface area contributed by atoms with E-state index in [0.29, 0.717) is 23.1 Å².